The first-order valence-corrected chi connectivity index (χ1v) is 12.1. The van der Waals surface area contributed by atoms with Gasteiger partial charge in [-0.05, 0) is 44.1 Å². The Balaban J connectivity index is 0.000000886. The van der Waals surface area contributed by atoms with Crippen LogP contribution in [0.25, 0.3) is 5.76 Å². The quantitative estimate of drug-likeness (QED) is 0.176. The van der Waals surface area contributed by atoms with Crippen LogP contribution in [0.2, 0.25) is 5.02 Å². The van der Waals surface area contributed by atoms with Gasteiger partial charge in [-0.1, -0.05) is 11.6 Å². The van der Waals surface area contributed by atoms with E-state index in [1.165, 1.54) is 38.1 Å². The molecular weight excluding hydrogens is 535 g/mol. The maximum atomic E-state index is 13.7. The Labute approximate surface area is 215 Å². The van der Waals surface area contributed by atoms with E-state index in [9.17, 15) is 39.9 Å². The fourth-order valence-electron chi connectivity index (χ4n) is 5.58. The molecule has 1 fully saturated rings. The number of aliphatic hydroxyl groups excluding tert-OH is 2. The van der Waals surface area contributed by atoms with Gasteiger partial charge in [-0.2, -0.15) is 4.89 Å². The average molecular weight is 559 g/mol. The molecule has 37 heavy (non-hydrogen) atoms. The summed E-state index contributed by atoms with van der Waals surface area (Å²) in [6.45, 7) is 1.34. The Bertz CT molecular complexity index is 1300. The number of ketones is 2. The Morgan fingerprint density at radius 3 is 2.24 bits per heavy atom. The molecule has 1 aromatic carbocycles. The number of hydrogen-bond donors (Lipinski definition) is 7. The number of nitrogens with zero attached hydrogens (tertiary/aromatic N) is 1. The summed E-state index contributed by atoms with van der Waals surface area (Å²) in [5.41, 5.74) is -1.10. The minimum atomic E-state index is -3.12. The number of rotatable bonds is 2. The molecule has 3 aliphatic carbocycles. The van der Waals surface area contributed by atoms with Crippen molar-refractivity contribution in [3.63, 3.8) is 0 Å². The predicted octanol–water partition coefficient (Wildman–Crippen LogP) is -0.721. The van der Waals surface area contributed by atoms with Crippen molar-refractivity contribution in [3.05, 3.63) is 45.2 Å². The molecule has 3 aliphatic rings. The van der Waals surface area contributed by atoms with Gasteiger partial charge in [-0.25, -0.2) is 0 Å². The zero-order valence-electron chi connectivity index (χ0n) is 19.7. The van der Waals surface area contributed by atoms with E-state index in [4.69, 9.17) is 31.7 Å². The van der Waals surface area contributed by atoms with E-state index in [0.717, 1.165) is 0 Å². The number of halogens is 1. The topological polar surface area (TPSA) is 242 Å². The zero-order chi connectivity index (χ0) is 28.4. The van der Waals surface area contributed by atoms with E-state index in [2.05, 4.69) is 0 Å². The molecule has 1 aromatic rings. The number of carbonyl (C=O) groups excluding carboxylic acids is 3. The molecule has 15 heteroatoms. The van der Waals surface area contributed by atoms with Crippen molar-refractivity contribution >= 4 is 43.1 Å². The highest BCUT2D eigenvalue weighted by atomic mass is 35.5. The number of amides is 1. The first-order valence-electron chi connectivity index (χ1n) is 10.6. The summed E-state index contributed by atoms with van der Waals surface area (Å²) < 4.78 is 8.59. The molecule has 0 spiro atoms. The second kappa shape index (κ2) is 9.44. The van der Waals surface area contributed by atoms with Crippen molar-refractivity contribution in [1.29, 1.82) is 0 Å². The Hall–Kier alpha value is -2.90. The number of hydrogen-bond acceptors (Lipinski definition) is 11. The fraction of sp³-hybridized carbons (Fsp3) is 0.409. The van der Waals surface area contributed by atoms with Crippen molar-refractivity contribution in [3.8, 4) is 5.75 Å². The van der Waals surface area contributed by atoms with E-state index in [0.29, 0.717) is 0 Å². The molecule has 200 valence electrons. The zero-order valence-corrected chi connectivity index (χ0v) is 21.3. The lowest BCUT2D eigenvalue weighted by atomic mass is 9.54. The van der Waals surface area contributed by atoms with Crippen molar-refractivity contribution < 1.29 is 54.3 Å². The van der Waals surface area contributed by atoms with Crippen LogP contribution in [0, 0.1) is 11.8 Å². The summed E-state index contributed by atoms with van der Waals surface area (Å²) in [6, 6.07) is 1.24. The lowest BCUT2D eigenvalue weighted by Gasteiger charge is -2.53. The molecule has 1 saturated carbocycles. The minimum Gasteiger partial charge on any atom is -0.567 e. The number of fused-ring (bicyclic) bond motifs is 3. The van der Waals surface area contributed by atoms with E-state index in [1.54, 1.807) is 0 Å². The first-order chi connectivity index (χ1) is 16.9. The fourth-order valence-corrected chi connectivity index (χ4v) is 5.93. The number of phenolic OH excluding ortho intramolecular Hbond substituents is 1. The smallest absolute Gasteiger partial charge is 0.485 e. The van der Waals surface area contributed by atoms with Crippen LogP contribution < -0.4 is 10.6 Å². The minimum absolute atomic E-state index is 0.0187. The van der Waals surface area contributed by atoms with Crippen LogP contribution in [-0.4, -0.2) is 78.5 Å². The molecule has 0 aromatic heterocycles. The third kappa shape index (κ3) is 4.12. The molecular formula is C22H24ClN2O11P. The van der Waals surface area contributed by atoms with Crippen LogP contribution in [0.5, 0.6) is 5.75 Å². The van der Waals surface area contributed by atoms with Gasteiger partial charge in [0.2, 0.25) is 5.78 Å². The van der Waals surface area contributed by atoms with Gasteiger partial charge >= 0.3 is 8.25 Å². The second-order valence-electron chi connectivity index (χ2n) is 9.31. The first kappa shape index (κ1) is 28.7. The van der Waals surface area contributed by atoms with Gasteiger partial charge in [0.05, 0.1) is 17.2 Å². The molecule has 6 atom stereocenters. The van der Waals surface area contributed by atoms with Crippen LogP contribution in [0.15, 0.2) is 29.0 Å². The summed E-state index contributed by atoms with van der Waals surface area (Å²) in [5, 5.41) is 55.2. The third-order valence-electron chi connectivity index (χ3n) is 7.07. The average Bonchev–Trinajstić information content (AvgIpc) is 2.75. The van der Waals surface area contributed by atoms with Gasteiger partial charge in [0.1, 0.15) is 22.8 Å². The monoisotopic (exact) mass is 558 g/mol. The lowest BCUT2D eigenvalue weighted by Crippen LogP contribution is -2.67. The Morgan fingerprint density at radius 2 is 1.76 bits per heavy atom. The van der Waals surface area contributed by atoms with E-state index >= 15 is 0 Å². The number of carbonyl (C=O) groups is 3. The number of phenols is 1. The summed E-state index contributed by atoms with van der Waals surface area (Å²) in [4.78, 5) is 55.7. The summed E-state index contributed by atoms with van der Waals surface area (Å²) in [6.07, 6.45) is -0.259. The number of aliphatic hydroxyl groups is 4. The number of benzene rings is 1. The van der Waals surface area contributed by atoms with Crippen molar-refractivity contribution in [2.45, 2.75) is 30.6 Å². The largest absolute Gasteiger partial charge is 0.567 e. The van der Waals surface area contributed by atoms with Gasteiger partial charge in [0, 0.05) is 28.0 Å². The molecule has 8 N–H and O–H groups in total. The maximum Gasteiger partial charge on any atom is 0.485 e. The molecule has 0 saturated heterocycles. The van der Waals surface area contributed by atoms with Crippen LogP contribution in [0.4, 0.5) is 0 Å². The van der Waals surface area contributed by atoms with E-state index in [1.807, 2.05) is 0 Å². The number of nitrogens with two attached hydrogens (primary N) is 1. The normalized spacial score (nSPS) is 31.3. The van der Waals surface area contributed by atoms with Crippen molar-refractivity contribution in [2.75, 3.05) is 14.1 Å². The number of Topliss-reactive ketones (excluding diaryl/α,β-unsaturated/α-hetero) is 2. The van der Waals surface area contributed by atoms with E-state index in [-0.39, 0.29) is 22.6 Å². The van der Waals surface area contributed by atoms with Gasteiger partial charge < -0.3 is 36.2 Å². The second-order valence-corrected chi connectivity index (χ2v) is 10.2. The van der Waals surface area contributed by atoms with Crippen LogP contribution in [0.3, 0.4) is 0 Å². The third-order valence-corrected chi connectivity index (χ3v) is 7.39. The highest BCUT2D eigenvalue weighted by Crippen LogP contribution is 2.58. The highest BCUT2D eigenvalue weighted by molar-refractivity contribution is 7.29. The molecule has 0 radical (unpaired) electrons. The van der Waals surface area contributed by atoms with Gasteiger partial charge in [0.25, 0.3) is 5.91 Å². The van der Waals surface area contributed by atoms with Crippen LogP contribution in [-0.2, 0) is 24.5 Å². The van der Waals surface area contributed by atoms with Crippen LogP contribution in [0.1, 0.15) is 24.5 Å². The summed E-state index contributed by atoms with van der Waals surface area (Å²) >= 11 is 6.28. The number of likely N-dealkylation sites (N-methyl/N-ethyl adjacent to an activating group) is 1. The SMILES string of the molecule is CN(C)[C@@H]1C(=O)C(C(N)=O)=C(O)[C@@]2(O)C(=O)C3=C(O)c4c(O)ccc(Cl)c4[C@@](C)(O)[C@H]3C[C@@H]12.O=[P+]([O-])O. The molecule has 0 bridgehead atoms. The van der Waals surface area contributed by atoms with Crippen LogP contribution >= 0.6 is 19.9 Å². The Kier molecular flexibility index (Phi) is 7.32. The molecule has 4 rings (SSSR count). The highest BCUT2D eigenvalue weighted by Gasteiger charge is 2.66. The predicted molar refractivity (Wildman–Crippen MR) is 125 cm³/mol. The van der Waals surface area contributed by atoms with Gasteiger partial charge in [-0.15, -0.1) is 0 Å². The molecule has 0 aliphatic heterocycles. The Morgan fingerprint density at radius 1 is 1.22 bits per heavy atom. The number of primary amides is 1. The molecule has 13 nitrogen and oxygen atoms in total. The summed E-state index contributed by atoms with van der Waals surface area (Å²) in [7, 11) is -0.147. The summed E-state index contributed by atoms with van der Waals surface area (Å²) in [5.74, 6) is -8.30. The van der Waals surface area contributed by atoms with Gasteiger partial charge in [-0.3, -0.25) is 19.3 Å². The van der Waals surface area contributed by atoms with Gasteiger partial charge in [0.15, 0.2) is 11.4 Å². The molecule has 1 unspecified atom stereocenters. The van der Waals surface area contributed by atoms with E-state index < -0.39 is 83.2 Å². The molecule has 0 heterocycles. The van der Waals surface area contributed by atoms with Crippen molar-refractivity contribution in [2.24, 2.45) is 17.6 Å². The van der Waals surface area contributed by atoms with Crippen molar-refractivity contribution in [1.82, 2.24) is 4.90 Å². The molecule has 1 amide bonds. The lowest BCUT2D eigenvalue weighted by molar-refractivity contribution is -0.180. The maximum absolute atomic E-state index is 13.7. The number of aromatic hydroxyl groups is 1. The standard InChI is InChI=1S/C22H23ClN2O8.HO3P/c1-21(32)7-6-8-15(25(2)3)17(28)13(20(24)31)19(30)22(8,33)18(29)11(7)16(27)12-10(26)5-4-9(23)14(12)21;1-4(2)3/h4-5,7-8,15,26-27,30,32-33H,6H2,1-3H3,(H2,24,31);(H,1,2,3)/t7-,8-,15-,21-,22-;/m0./s1.